The molecule has 1 amide bonds. The molecule has 1 N–H and O–H groups in total. The Morgan fingerprint density at radius 2 is 1.55 bits per heavy atom. The quantitative estimate of drug-likeness (QED) is 0.211. The highest BCUT2D eigenvalue weighted by Gasteiger charge is 2.53. The summed E-state index contributed by atoms with van der Waals surface area (Å²) in [5.41, 5.74) is 8.49. The summed E-state index contributed by atoms with van der Waals surface area (Å²) < 4.78 is 58.2. The molecule has 0 bridgehead atoms. The fourth-order valence-corrected chi connectivity index (χ4v) is 2.48. The lowest BCUT2D eigenvalue weighted by molar-refractivity contribution is -0.264. The molecule has 0 unspecified atom stereocenters. The minimum atomic E-state index is -5.33. The van der Waals surface area contributed by atoms with E-state index in [0.29, 0.717) is 0 Å². The van der Waals surface area contributed by atoms with Gasteiger partial charge in [0.2, 0.25) is 6.29 Å². The number of halogens is 3. The minimum Gasteiger partial charge on any atom is -0.456 e. The van der Waals surface area contributed by atoms with Crippen LogP contribution in [0.2, 0.25) is 0 Å². The Bertz CT molecular complexity index is 709. The number of alkyl halides is 3. The molecule has 0 aliphatic carbocycles. The van der Waals surface area contributed by atoms with Crippen molar-refractivity contribution in [2.24, 2.45) is 5.11 Å². The van der Waals surface area contributed by atoms with Crippen LogP contribution < -0.4 is 5.32 Å². The molecule has 162 valence electrons. The maximum absolute atomic E-state index is 12.7. The number of azide groups is 1. The van der Waals surface area contributed by atoms with Crippen LogP contribution in [0, 0.1) is 0 Å². The summed E-state index contributed by atoms with van der Waals surface area (Å²) in [5, 5.41) is 4.73. The number of nitrogens with zero attached hydrogens (tertiary/aromatic N) is 3. The zero-order chi connectivity index (χ0) is 22.4. The van der Waals surface area contributed by atoms with Gasteiger partial charge in [-0.05, 0) is 5.53 Å². The lowest BCUT2D eigenvalue weighted by Crippen LogP contribution is -2.67. The van der Waals surface area contributed by atoms with Crippen LogP contribution in [0.1, 0.15) is 20.8 Å². The van der Waals surface area contributed by atoms with E-state index in [-0.39, 0.29) is 0 Å². The molecule has 0 aromatic rings. The largest absolute Gasteiger partial charge is 0.471 e. The van der Waals surface area contributed by atoms with Crippen molar-refractivity contribution in [2.75, 3.05) is 6.54 Å². The lowest BCUT2D eigenvalue weighted by Gasteiger charge is -2.44. The van der Waals surface area contributed by atoms with Gasteiger partial charge < -0.3 is 24.3 Å². The number of nitrogens with one attached hydrogen (secondary N) is 1. The average Bonchev–Trinajstić information content (AvgIpc) is 2.56. The fourth-order valence-electron chi connectivity index (χ4n) is 2.48. The van der Waals surface area contributed by atoms with Crippen LogP contribution in [0.3, 0.4) is 0 Å². The van der Waals surface area contributed by atoms with E-state index in [1.807, 2.05) is 0 Å². The Hall–Kier alpha value is -3.06. The van der Waals surface area contributed by atoms with Crippen LogP contribution in [-0.4, -0.2) is 67.2 Å². The number of ether oxygens (including phenoxy) is 4. The second-order valence-corrected chi connectivity index (χ2v) is 5.71. The van der Waals surface area contributed by atoms with Gasteiger partial charge in [-0.15, -0.1) is 0 Å². The van der Waals surface area contributed by atoms with Crippen LogP contribution in [0.15, 0.2) is 5.11 Å². The normalized spacial score (nSPS) is 26.5. The van der Waals surface area contributed by atoms with E-state index in [1.165, 1.54) is 5.32 Å². The first-order chi connectivity index (χ1) is 13.4. The van der Waals surface area contributed by atoms with E-state index in [0.717, 1.165) is 20.8 Å². The third-order valence-electron chi connectivity index (χ3n) is 3.41. The van der Waals surface area contributed by atoms with E-state index in [9.17, 15) is 32.3 Å². The van der Waals surface area contributed by atoms with Crippen molar-refractivity contribution in [2.45, 2.75) is 57.6 Å². The summed E-state index contributed by atoms with van der Waals surface area (Å²) >= 11 is 0. The van der Waals surface area contributed by atoms with Gasteiger partial charge >= 0.3 is 30.0 Å². The maximum atomic E-state index is 12.7. The molecular formula is C14H17F3N4O8. The number of hydrogen-bond acceptors (Lipinski definition) is 9. The van der Waals surface area contributed by atoms with E-state index >= 15 is 0 Å². The molecule has 0 saturated carbocycles. The summed E-state index contributed by atoms with van der Waals surface area (Å²) in [5.74, 6) is -5.40. The molecule has 15 heteroatoms. The molecule has 12 nitrogen and oxygen atoms in total. The van der Waals surface area contributed by atoms with Crippen molar-refractivity contribution in [1.82, 2.24) is 5.32 Å². The maximum Gasteiger partial charge on any atom is 0.471 e. The molecule has 1 aliphatic rings. The first kappa shape index (κ1) is 24.0. The smallest absolute Gasteiger partial charge is 0.456 e. The summed E-state index contributed by atoms with van der Waals surface area (Å²) in [7, 11) is 0. The van der Waals surface area contributed by atoms with Crippen molar-refractivity contribution in [3.8, 4) is 0 Å². The van der Waals surface area contributed by atoms with Gasteiger partial charge in [0.05, 0.1) is 6.54 Å². The van der Waals surface area contributed by atoms with Crippen molar-refractivity contribution < 1.29 is 51.3 Å². The Morgan fingerprint density at radius 1 is 1.03 bits per heavy atom. The predicted molar refractivity (Wildman–Crippen MR) is 83.5 cm³/mol. The zero-order valence-electron chi connectivity index (χ0n) is 15.3. The van der Waals surface area contributed by atoms with Gasteiger partial charge in [-0.3, -0.25) is 19.2 Å². The summed E-state index contributed by atoms with van der Waals surface area (Å²) in [6, 6.07) is -1.90. The Balaban J connectivity index is 3.41. The number of esters is 3. The predicted octanol–water partition coefficient (Wildman–Crippen LogP) is 0.495. The highest BCUT2D eigenvalue weighted by atomic mass is 19.4. The summed E-state index contributed by atoms with van der Waals surface area (Å²) in [6.07, 6.45) is -11.9. The fraction of sp³-hybridized carbons (Fsp3) is 0.714. The molecular weight excluding hydrogens is 409 g/mol. The molecule has 0 spiro atoms. The third kappa shape index (κ3) is 7.12. The van der Waals surface area contributed by atoms with Crippen molar-refractivity contribution in [1.29, 1.82) is 0 Å². The standard InChI is InChI=1S/C14H17F3N4O8/c1-5(22)26-10-8(4-19-21-18)29-12(28-7(3)24)9(11(10)27-6(2)23)20-13(25)14(15,16)17/h8-12H,4H2,1-3H3,(H,20,25)/t8-,9-,10-,11-,12-/m1/s1. The van der Waals surface area contributed by atoms with E-state index < -0.39 is 67.2 Å². The SMILES string of the molecule is CC(=O)O[C@@H]1O[C@H](CN=[N+]=[N-])[C@@H](OC(C)=O)[C@H](OC(C)=O)[C@H]1NC(=O)C(F)(F)F. The van der Waals surface area contributed by atoms with Gasteiger partial charge in [-0.2, -0.15) is 13.2 Å². The molecule has 0 radical (unpaired) electrons. The Morgan fingerprint density at radius 3 is 2.00 bits per heavy atom. The topological polar surface area (TPSA) is 166 Å². The molecule has 1 heterocycles. The Kier molecular flexibility index (Phi) is 8.21. The van der Waals surface area contributed by atoms with Crippen molar-refractivity contribution in [3.05, 3.63) is 10.4 Å². The molecule has 1 rings (SSSR count). The zero-order valence-corrected chi connectivity index (χ0v) is 15.3. The van der Waals surface area contributed by atoms with Gasteiger partial charge in [-0.1, -0.05) is 5.11 Å². The van der Waals surface area contributed by atoms with Gasteiger partial charge in [-0.25, -0.2) is 0 Å². The molecule has 1 fully saturated rings. The van der Waals surface area contributed by atoms with Crippen LogP contribution in [-0.2, 0) is 38.1 Å². The molecule has 0 aromatic carbocycles. The first-order valence-corrected chi connectivity index (χ1v) is 7.92. The number of carbonyl (C=O) groups is 4. The second kappa shape index (κ2) is 9.93. The number of carbonyl (C=O) groups excluding carboxylic acids is 4. The molecule has 1 aliphatic heterocycles. The van der Waals surface area contributed by atoms with Crippen molar-refractivity contribution >= 4 is 23.8 Å². The van der Waals surface area contributed by atoms with E-state index in [1.54, 1.807) is 0 Å². The minimum absolute atomic E-state index is 0.524. The molecule has 0 aromatic heterocycles. The van der Waals surface area contributed by atoms with Gasteiger partial charge in [0.1, 0.15) is 12.1 Å². The number of amides is 1. The second-order valence-electron chi connectivity index (χ2n) is 5.71. The van der Waals surface area contributed by atoms with Crippen LogP contribution >= 0.6 is 0 Å². The number of rotatable bonds is 6. The van der Waals surface area contributed by atoms with Crippen LogP contribution in [0.5, 0.6) is 0 Å². The summed E-state index contributed by atoms with van der Waals surface area (Å²) in [4.78, 5) is 48.2. The lowest BCUT2D eigenvalue weighted by atomic mass is 9.95. The molecule has 1 saturated heterocycles. The van der Waals surface area contributed by atoms with Gasteiger partial charge in [0.15, 0.2) is 12.2 Å². The summed E-state index contributed by atoms with van der Waals surface area (Å²) in [6.45, 7) is 2.25. The monoisotopic (exact) mass is 426 g/mol. The Labute approximate surface area is 161 Å². The first-order valence-electron chi connectivity index (χ1n) is 7.92. The third-order valence-corrected chi connectivity index (χ3v) is 3.41. The number of hydrogen-bond donors (Lipinski definition) is 1. The van der Waals surface area contributed by atoms with E-state index in [4.69, 9.17) is 24.5 Å². The highest BCUT2D eigenvalue weighted by molar-refractivity contribution is 5.82. The van der Waals surface area contributed by atoms with Crippen molar-refractivity contribution in [3.63, 3.8) is 0 Å². The van der Waals surface area contributed by atoms with Gasteiger partial charge in [0, 0.05) is 25.7 Å². The van der Waals surface area contributed by atoms with E-state index in [2.05, 4.69) is 10.0 Å². The van der Waals surface area contributed by atoms with Gasteiger partial charge in [0.25, 0.3) is 0 Å². The highest BCUT2D eigenvalue weighted by Crippen LogP contribution is 2.29. The van der Waals surface area contributed by atoms with Crippen LogP contribution in [0.4, 0.5) is 13.2 Å². The molecule has 29 heavy (non-hydrogen) atoms. The average molecular weight is 426 g/mol. The molecule has 5 atom stereocenters. The van der Waals surface area contributed by atoms with Crippen LogP contribution in [0.25, 0.3) is 10.4 Å².